The van der Waals surface area contributed by atoms with Gasteiger partial charge in [0.15, 0.2) is 0 Å². The smallest absolute Gasteiger partial charge is 0.264 e. The summed E-state index contributed by atoms with van der Waals surface area (Å²) in [5.74, 6) is -0.691. The number of hydrogen-bond donors (Lipinski definition) is 2. The first kappa shape index (κ1) is 15.6. The van der Waals surface area contributed by atoms with Crippen LogP contribution in [0.5, 0.6) is 0 Å². The molecule has 21 heavy (non-hydrogen) atoms. The van der Waals surface area contributed by atoms with Gasteiger partial charge in [-0.05, 0) is 37.3 Å². The van der Waals surface area contributed by atoms with Crippen LogP contribution in [0.25, 0.3) is 0 Å². The first-order chi connectivity index (χ1) is 9.94. The lowest BCUT2D eigenvalue weighted by molar-refractivity contribution is 0.599. The van der Waals surface area contributed by atoms with Crippen LogP contribution in [-0.4, -0.2) is 15.0 Å². The molecule has 0 aliphatic carbocycles. The summed E-state index contributed by atoms with van der Waals surface area (Å²) in [6.45, 7) is 2.42. The van der Waals surface area contributed by atoms with Crippen molar-refractivity contribution in [3.8, 4) is 0 Å². The van der Waals surface area contributed by atoms with E-state index in [9.17, 15) is 12.8 Å². The summed E-state index contributed by atoms with van der Waals surface area (Å²) in [6.07, 6.45) is 0. The van der Waals surface area contributed by atoms with Crippen molar-refractivity contribution in [2.24, 2.45) is 0 Å². The highest BCUT2D eigenvalue weighted by atomic mass is 35.5. The van der Waals surface area contributed by atoms with Crippen molar-refractivity contribution in [3.63, 3.8) is 0 Å². The highest BCUT2D eigenvalue weighted by Gasteiger charge is 2.19. The van der Waals surface area contributed by atoms with Crippen molar-refractivity contribution in [1.82, 2.24) is 0 Å². The molecule has 4 nitrogen and oxygen atoms in total. The Balaban J connectivity index is 2.41. The number of sulfonamides is 1. The van der Waals surface area contributed by atoms with Gasteiger partial charge in [-0.1, -0.05) is 23.7 Å². The Kier molecular flexibility index (Phi) is 4.69. The largest absolute Gasteiger partial charge is 0.384 e. The number of hydrogen-bond acceptors (Lipinski definition) is 3. The van der Waals surface area contributed by atoms with Crippen molar-refractivity contribution < 1.29 is 12.8 Å². The fourth-order valence-electron chi connectivity index (χ4n) is 1.81. The summed E-state index contributed by atoms with van der Waals surface area (Å²) in [5, 5.41) is 3.20. The van der Waals surface area contributed by atoms with Gasteiger partial charge >= 0.3 is 0 Å². The molecule has 0 fully saturated rings. The minimum Gasteiger partial charge on any atom is -0.384 e. The molecule has 0 aromatic heterocycles. The molecule has 0 spiro atoms. The van der Waals surface area contributed by atoms with Gasteiger partial charge in [-0.15, -0.1) is 0 Å². The van der Waals surface area contributed by atoms with E-state index in [0.717, 1.165) is 6.07 Å². The number of halogens is 2. The Morgan fingerprint density at radius 3 is 2.57 bits per heavy atom. The molecule has 2 N–H and O–H groups in total. The van der Waals surface area contributed by atoms with E-state index in [1.54, 1.807) is 18.2 Å². The van der Waals surface area contributed by atoms with Gasteiger partial charge < -0.3 is 5.32 Å². The SMILES string of the molecule is CCNc1ccccc1S(=O)(=O)Nc1cc(Cl)ccc1F. The molecule has 0 aliphatic rings. The van der Waals surface area contributed by atoms with Crippen LogP contribution in [-0.2, 0) is 10.0 Å². The zero-order valence-electron chi connectivity index (χ0n) is 11.2. The highest BCUT2D eigenvalue weighted by Crippen LogP contribution is 2.26. The van der Waals surface area contributed by atoms with E-state index in [0.29, 0.717) is 12.2 Å². The van der Waals surface area contributed by atoms with Gasteiger partial charge in [0.05, 0.1) is 11.4 Å². The Morgan fingerprint density at radius 1 is 1.14 bits per heavy atom. The van der Waals surface area contributed by atoms with E-state index in [4.69, 9.17) is 11.6 Å². The summed E-state index contributed by atoms with van der Waals surface area (Å²) in [4.78, 5) is 0.0474. The van der Waals surface area contributed by atoms with Crippen molar-refractivity contribution in [3.05, 3.63) is 53.3 Å². The summed E-state index contributed by atoms with van der Waals surface area (Å²) < 4.78 is 40.7. The van der Waals surface area contributed by atoms with E-state index in [2.05, 4.69) is 10.0 Å². The van der Waals surface area contributed by atoms with Crippen molar-refractivity contribution in [2.75, 3.05) is 16.6 Å². The molecule has 0 radical (unpaired) electrons. The molecule has 0 unspecified atom stereocenters. The molecule has 0 heterocycles. The second kappa shape index (κ2) is 6.32. The fourth-order valence-corrected chi connectivity index (χ4v) is 3.23. The molecule has 0 atom stereocenters. The zero-order chi connectivity index (χ0) is 15.5. The van der Waals surface area contributed by atoms with Gasteiger partial charge in [-0.2, -0.15) is 0 Å². The van der Waals surface area contributed by atoms with Crippen LogP contribution in [0.15, 0.2) is 47.4 Å². The topological polar surface area (TPSA) is 58.2 Å². The van der Waals surface area contributed by atoms with Gasteiger partial charge in [0, 0.05) is 11.6 Å². The van der Waals surface area contributed by atoms with Crippen LogP contribution < -0.4 is 10.0 Å². The van der Waals surface area contributed by atoms with E-state index < -0.39 is 15.8 Å². The molecule has 2 aromatic carbocycles. The van der Waals surface area contributed by atoms with Gasteiger partial charge in [0.1, 0.15) is 10.7 Å². The Hall–Kier alpha value is -1.79. The maximum Gasteiger partial charge on any atom is 0.264 e. The van der Waals surface area contributed by atoms with Gasteiger partial charge in [0.2, 0.25) is 0 Å². The van der Waals surface area contributed by atoms with Crippen molar-refractivity contribution >= 4 is 33.0 Å². The fraction of sp³-hybridized carbons (Fsp3) is 0.143. The third-order valence-corrected chi connectivity index (χ3v) is 4.38. The monoisotopic (exact) mass is 328 g/mol. The second-order valence-electron chi connectivity index (χ2n) is 4.26. The number of benzene rings is 2. The van der Waals surface area contributed by atoms with Crippen LogP contribution in [0.1, 0.15) is 6.92 Å². The van der Waals surface area contributed by atoms with E-state index in [1.165, 1.54) is 18.2 Å². The average Bonchev–Trinajstić information content (AvgIpc) is 2.43. The molecule has 0 aliphatic heterocycles. The predicted octanol–water partition coefficient (Wildman–Crippen LogP) is 3.71. The maximum absolute atomic E-state index is 13.7. The minimum absolute atomic E-state index is 0.0474. The van der Waals surface area contributed by atoms with E-state index in [-0.39, 0.29) is 15.6 Å². The molecular formula is C14H14ClFN2O2S. The lowest BCUT2D eigenvalue weighted by Gasteiger charge is -2.13. The lowest BCUT2D eigenvalue weighted by Crippen LogP contribution is -2.16. The van der Waals surface area contributed by atoms with Crippen molar-refractivity contribution in [2.45, 2.75) is 11.8 Å². The predicted molar refractivity (Wildman–Crippen MR) is 82.8 cm³/mol. The summed E-state index contributed by atoms with van der Waals surface area (Å²) >= 11 is 5.76. The molecule has 2 rings (SSSR count). The number of nitrogens with one attached hydrogen (secondary N) is 2. The zero-order valence-corrected chi connectivity index (χ0v) is 12.8. The van der Waals surface area contributed by atoms with Gasteiger partial charge in [-0.3, -0.25) is 4.72 Å². The molecule has 0 saturated carbocycles. The summed E-state index contributed by atoms with van der Waals surface area (Å²) in [6, 6.07) is 10.1. The molecule has 0 bridgehead atoms. The molecule has 2 aromatic rings. The molecule has 0 saturated heterocycles. The van der Waals surface area contributed by atoms with Gasteiger partial charge in [0.25, 0.3) is 10.0 Å². The summed E-state index contributed by atoms with van der Waals surface area (Å²) in [5.41, 5.74) is 0.267. The minimum atomic E-state index is -3.92. The lowest BCUT2D eigenvalue weighted by atomic mass is 10.3. The number of para-hydroxylation sites is 1. The number of rotatable bonds is 5. The number of anilines is 2. The normalized spacial score (nSPS) is 11.2. The standard InChI is InChI=1S/C14H14ClFN2O2S/c1-2-17-12-5-3-4-6-14(12)21(19,20)18-13-9-10(15)7-8-11(13)16/h3-9,17-18H,2H2,1H3. The van der Waals surface area contributed by atoms with Crippen LogP contribution in [0.3, 0.4) is 0 Å². The first-order valence-corrected chi connectivity index (χ1v) is 8.11. The third-order valence-electron chi connectivity index (χ3n) is 2.72. The van der Waals surface area contributed by atoms with Crippen LogP contribution in [0.4, 0.5) is 15.8 Å². The van der Waals surface area contributed by atoms with Crippen LogP contribution >= 0.6 is 11.6 Å². The molecule has 7 heteroatoms. The Labute approximate surface area is 128 Å². The second-order valence-corrected chi connectivity index (χ2v) is 6.34. The van der Waals surface area contributed by atoms with Gasteiger partial charge in [-0.25, -0.2) is 12.8 Å². The van der Waals surface area contributed by atoms with E-state index in [1.807, 2.05) is 6.92 Å². The maximum atomic E-state index is 13.7. The van der Waals surface area contributed by atoms with E-state index >= 15 is 0 Å². The molecule has 0 amide bonds. The molecular weight excluding hydrogens is 315 g/mol. The van der Waals surface area contributed by atoms with Crippen LogP contribution in [0, 0.1) is 5.82 Å². The quantitative estimate of drug-likeness (QED) is 0.879. The average molecular weight is 329 g/mol. The Morgan fingerprint density at radius 2 is 1.86 bits per heavy atom. The summed E-state index contributed by atoms with van der Waals surface area (Å²) in [7, 11) is -3.92. The Bertz CT molecular complexity index is 750. The first-order valence-electron chi connectivity index (χ1n) is 6.25. The molecule has 112 valence electrons. The third kappa shape index (κ3) is 3.65. The van der Waals surface area contributed by atoms with Crippen molar-refractivity contribution in [1.29, 1.82) is 0 Å². The highest BCUT2D eigenvalue weighted by molar-refractivity contribution is 7.92. The van der Waals surface area contributed by atoms with Crippen LogP contribution in [0.2, 0.25) is 5.02 Å².